The number of fused-ring (bicyclic) bond motifs is 2. The summed E-state index contributed by atoms with van der Waals surface area (Å²) in [5, 5.41) is 13.8. The van der Waals surface area contributed by atoms with Crippen molar-refractivity contribution in [2.24, 2.45) is 0 Å². The number of anilines is 2. The van der Waals surface area contributed by atoms with E-state index in [-0.39, 0.29) is 0 Å². The minimum Gasteiger partial charge on any atom is -0.494 e. The molecule has 180 valence electrons. The summed E-state index contributed by atoms with van der Waals surface area (Å²) in [5.74, 6) is 2.21. The molecule has 3 heterocycles. The molecule has 34 heavy (non-hydrogen) atoms. The minimum absolute atomic E-state index is 0.608. The van der Waals surface area contributed by atoms with Gasteiger partial charge in [-0.05, 0) is 42.3 Å². The first-order valence-corrected chi connectivity index (χ1v) is 11.9. The Labute approximate surface area is 201 Å². The lowest BCUT2D eigenvalue weighted by molar-refractivity contribution is 0.134. The van der Waals surface area contributed by atoms with Gasteiger partial charge in [-0.3, -0.25) is 0 Å². The first-order chi connectivity index (χ1) is 16.7. The third kappa shape index (κ3) is 5.31. The van der Waals surface area contributed by atoms with Crippen LogP contribution >= 0.6 is 0 Å². The SMILES string of the molecule is CC.CC.CCOc1ccc(-n2cc3cnnc(Nc4ccc5c(c4)COC5)c3c2)c(OC)c1. The molecule has 0 fully saturated rings. The highest BCUT2D eigenvalue weighted by Crippen LogP contribution is 2.32. The number of rotatable bonds is 6. The lowest BCUT2D eigenvalue weighted by Crippen LogP contribution is -1.98. The van der Waals surface area contributed by atoms with E-state index in [0.717, 1.165) is 33.6 Å². The second-order valence-electron chi connectivity index (χ2n) is 7.10. The van der Waals surface area contributed by atoms with Gasteiger partial charge in [-0.15, -0.1) is 5.10 Å². The molecular weight excluding hydrogens is 428 g/mol. The fraction of sp³-hybridized carbons (Fsp3) is 0.333. The zero-order chi connectivity index (χ0) is 24.5. The van der Waals surface area contributed by atoms with E-state index in [0.29, 0.717) is 25.6 Å². The smallest absolute Gasteiger partial charge is 0.162 e. The zero-order valence-electron chi connectivity index (χ0n) is 20.9. The van der Waals surface area contributed by atoms with Gasteiger partial charge in [0.1, 0.15) is 11.5 Å². The van der Waals surface area contributed by atoms with Crippen molar-refractivity contribution >= 4 is 22.3 Å². The number of hydrogen-bond acceptors (Lipinski definition) is 6. The van der Waals surface area contributed by atoms with Gasteiger partial charge in [0.15, 0.2) is 5.82 Å². The van der Waals surface area contributed by atoms with Gasteiger partial charge in [0, 0.05) is 34.9 Å². The Balaban J connectivity index is 0.000000771. The Morgan fingerprint density at radius 1 is 1.00 bits per heavy atom. The van der Waals surface area contributed by atoms with Crippen molar-refractivity contribution in [2.45, 2.75) is 47.8 Å². The van der Waals surface area contributed by atoms with Gasteiger partial charge in [0.05, 0.1) is 38.8 Å². The van der Waals surface area contributed by atoms with Crippen LogP contribution in [0.1, 0.15) is 45.7 Å². The lowest BCUT2D eigenvalue weighted by atomic mass is 10.1. The second-order valence-corrected chi connectivity index (χ2v) is 7.10. The maximum absolute atomic E-state index is 5.59. The van der Waals surface area contributed by atoms with Gasteiger partial charge in [0.2, 0.25) is 0 Å². The number of ether oxygens (including phenoxy) is 3. The maximum atomic E-state index is 5.59. The van der Waals surface area contributed by atoms with Crippen molar-refractivity contribution in [3.05, 3.63) is 66.1 Å². The molecule has 2 aromatic heterocycles. The highest BCUT2D eigenvalue weighted by molar-refractivity contribution is 5.93. The van der Waals surface area contributed by atoms with Gasteiger partial charge < -0.3 is 24.1 Å². The molecule has 0 saturated heterocycles. The molecule has 0 spiro atoms. The predicted octanol–water partition coefficient (Wildman–Crippen LogP) is 6.65. The van der Waals surface area contributed by atoms with E-state index in [2.05, 4.69) is 27.6 Å². The first kappa shape index (κ1) is 25.1. The van der Waals surface area contributed by atoms with Crippen LogP contribution in [0.15, 0.2) is 55.0 Å². The molecule has 0 atom stereocenters. The molecule has 7 nitrogen and oxygen atoms in total. The number of hydrogen-bond donors (Lipinski definition) is 1. The van der Waals surface area contributed by atoms with E-state index >= 15 is 0 Å². The number of nitrogens with zero attached hydrogens (tertiary/aromatic N) is 3. The highest BCUT2D eigenvalue weighted by Gasteiger charge is 2.14. The average molecular weight is 463 g/mol. The molecule has 0 unspecified atom stereocenters. The standard InChI is InChI=1S/C23H22N4O3.2C2H6/c1-3-30-19-6-7-21(22(9-19)28-2)27-11-17-10-24-26-23(20(17)12-27)25-18-5-4-15-13-29-14-16(15)8-18;2*1-2/h4-12H,3,13-14H2,1-2H3,(H,25,26);2*1-2H3. The number of nitrogens with one attached hydrogen (secondary N) is 1. The Hall–Kier alpha value is -3.58. The molecular formula is C27H34N4O3. The normalized spacial score (nSPS) is 11.6. The molecule has 1 N–H and O–H groups in total. The van der Waals surface area contributed by atoms with Crippen LogP contribution in [0.25, 0.3) is 16.5 Å². The molecule has 0 saturated carbocycles. The van der Waals surface area contributed by atoms with Crippen LogP contribution in [0.4, 0.5) is 11.5 Å². The zero-order valence-corrected chi connectivity index (χ0v) is 20.9. The molecule has 1 aliphatic rings. The average Bonchev–Trinajstić information content (AvgIpc) is 3.54. The predicted molar refractivity (Wildman–Crippen MR) is 137 cm³/mol. The summed E-state index contributed by atoms with van der Waals surface area (Å²) >= 11 is 0. The Bertz CT molecular complexity index is 1220. The van der Waals surface area contributed by atoms with Crippen molar-refractivity contribution in [1.82, 2.24) is 14.8 Å². The van der Waals surface area contributed by atoms with E-state index in [4.69, 9.17) is 14.2 Å². The summed E-state index contributed by atoms with van der Waals surface area (Å²) in [6.45, 7) is 11.9. The number of methoxy groups -OCH3 is 1. The summed E-state index contributed by atoms with van der Waals surface area (Å²) in [7, 11) is 1.66. The third-order valence-corrected chi connectivity index (χ3v) is 5.19. The van der Waals surface area contributed by atoms with Gasteiger partial charge in [-0.2, -0.15) is 5.10 Å². The summed E-state index contributed by atoms with van der Waals surface area (Å²) in [6, 6.07) is 12.1. The molecule has 2 aromatic carbocycles. The van der Waals surface area contributed by atoms with Crippen LogP contribution in [0.3, 0.4) is 0 Å². The molecule has 5 rings (SSSR count). The van der Waals surface area contributed by atoms with Crippen LogP contribution in [0.2, 0.25) is 0 Å². The molecule has 0 aliphatic carbocycles. The van der Waals surface area contributed by atoms with Gasteiger partial charge >= 0.3 is 0 Å². The van der Waals surface area contributed by atoms with E-state index in [1.807, 2.05) is 75.8 Å². The Kier molecular flexibility index (Phi) is 8.87. The quantitative estimate of drug-likeness (QED) is 0.346. The molecule has 0 amide bonds. The van der Waals surface area contributed by atoms with E-state index in [1.54, 1.807) is 13.3 Å². The Morgan fingerprint density at radius 2 is 1.79 bits per heavy atom. The second kappa shape index (κ2) is 12.0. The number of benzene rings is 2. The van der Waals surface area contributed by atoms with Gasteiger partial charge in [-0.1, -0.05) is 33.8 Å². The largest absolute Gasteiger partial charge is 0.494 e. The maximum Gasteiger partial charge on any atom is 0.162 e. The van der Waals surface area contributed by atoms with E-state index < -0.39 is 0 Å². The molecule has 4 aromatic rings. The highest BCUT2D eigenvalue weighted by atomic mass is 16.5. The molecule has 7 heteroatoms. The lowest BCUT2D eigenvalue weighted by Gasteiger charge is -2.11. The van der Waals surface area contributed by atoms with Crippen LogP contribution < -0.4 is 14.8 Å². The van der Waals surface area contributed by atoms with Crippen LogP contribution in [-0.4, -0.2) is 28.5 Å². The minimum atomic E-state index is 0.608. The fourth-order valence-electron chi connectivity index (χ4n) is 3.72. The van der Waals surface area contributed by atoms with Crippen molar-refractivity contribution in [1.29, 1.82) is 0 Å². The van der Waals surface area contributed by atoms with Crippen molar-refractivity contribution in [3.8, 4) is 17.2 Å². The Morgan fingerprint density at radius 3 is 2.56 bits per heavy atom. The van der Waals surface area contributed by atoms with Gasteiger partial charge in [-0.25, -0.2) is 0 Å². The molecule has 1 aliphatic heterocycles. The van der Waals surface area contributed by atoms with Gasteiger partial charge in [0.25, 0.3) is 0 Å². The summed E-state index contributed by atoms with van der Waals surface area (Å²) in [4.78, 5) is 0. The van der Waals surface area contributed by atoms with Crippen molar-refractivity contribution in [3.63, 3.8) is 0 Å². The topological polar surface area (TPSA) is 70.4 Å². The third-order valence-electron chi connectivity index (χ3n) is 5.19. The molecule has 0 bridgehead atoms. The monoisotopic (exact) mass is 462 g/mol. The van der Waals surface area contributed by atoms with E-state index in [9.17, 15) is 0 Å². The van der Waals surface area contributed by atoms with Crippen LogP contribution in [0, 0.1) is 0 Å². The van der Waals surface area contributed by atoms with Crippen molar-refractivity contribution < 1.29 is 14.2 Å². The summed E-state index contributed by atoms with van der Waals surface area (Å²) in [6.07, 6.45) is 5.81. The summed E-state index contributed by atoms with van der Waals surface area (Å²) in [5.41, 5.74) is 4.32. The molecule has 0 radical (unpaired) electrons. The van der Waals surface area contributed by atoms with E-state index in [1.165, 1.54) is 11.1 Å². The fourth-order valence-corrected chi connectivity index (χ4v) is 3.72. The van der Waals surface area contributed by atoms with Crippen molar-refractivity contribution in [2.75, 3.05) is 19.0 Å². The van der Waals surface area contributed by atoms with Crippen LogP contribution in [-0.2, 0) is 18.0 Å². The first-order valence-electron chi connectivity index (χ1n) is 11.9. The van der Waals surface area contributed by atoms with Crippen LogP contribution in [0.5, 0.6) is 11.5 Å². The number of aromatic nitrogens is 3. The summed E-state index contributed by atoms with van der Waals surface area (Å²) < 4.78 is 18.7.